The number of halogens is 2. The zero-order valence-corrected chi connectivity index (χ0v) is 10.3. The van der Waals surface area contributed by atoms with Gasteiger partial charge in [-0.25, -0.2) is 4.39 Å². The second-order valence-corrected chi connectivity index (χ2v) is 4.27. The first-order valence-electron chi connectivity index (χ1n) is 5.37. The maximum Gasteiger partial charge on any atom is 0.194 e. The summed E-state index contributed by atoms with van der Waals surface area (Å²) in [5.41, 5.74) is 7.46. The van der Waals surface area contributed by atoms with Crippen LogP contribution >= 0.6 is 11.6 Å². The fourth-order valence-electron chi connectivity index (χ4n) is 1.82. The number of rotatable bonds is 2. The van der Waals surface area contributed by atoms with Gasteiger partial charge in [-0.05, 0) is 24.3 Å². The number of benzene rings is 1. The predicted octanol–water partition coefficient (Wildman–Crippen LogP) is 3.11. The van der Waals surface area contributed by atoms with Crippen LogP contribution in [0.3, 0.4) is 0 Å². The number of H-pyrrole nitrogens is 1. The van der Waals surface area contributed by atoms with E-state index in [9.17, 15) is 4.39 Å². The maximum atomic E-state index is 13.1. The lowest BCUT2D eigenvalue weighted by Gasteiger charge is -2.04. The van der Waals surface area contributed by atoms with Crippen LogP contribution < -0.4 is 5.73 Å². The third-order valence-corrected chi connectivity index (χ3v) is 2.98. The van der Waals surface area contributed by atoms with Gasteiger partial charge < -0.3 is 10.3 Å². The number of aromatic nitrogens is 3. The fraction of sp³-hybridized carbons (Fsp3) is 0. The van der Waals surface area contributed by atoms with E-state index < -0.39 is 5.82 Å². The van der Waals surface area contributed by atoms with Gasteiger partial charge >= 0.3 is 0 Å². The minimum atomic E-state index is -0.424. The van der Waals surface area contributed by atoms with E-state index in [0.717, 1.165) is 0 Å². The van der Waals surface area contributed by atoms with Crippen LogP contribution in [0.1, 0.15) is 0 Å². The van der Waals surface area contributed by atoms with Gasteiger partial charge in [0.2, 0.25) is 0 Å². The van der Waals surface area contributed by atoms with Crippen molar-refractivity contribution in [3.63, 3.8) is 0 Å². The van der Waals surface area contributed by atoms with Gasteiger partial charge in [0.15, 0.2) is 11.6 Å². The van der Waals surface area contributed by atoms with Gasteiger partial charge in [0, 0.05) is 11.8 Å². The van der Waals surface area contributed by atoms with E-state index >= 15 is 0 Å². The highest BCUT2D eigenvalue weighted by molar-refractivity contribution is 6.33. The van der Waals surface area contributed by atoms with E-state index in [1.165, 1.54) is 18.2 Å². The van der Waals surface area contributed by atoms with Crippen LogP contribution in [0.25, 0.3) is 22.6 Å². The SMILES string of the molecule is Nc1noc(-c2ccn[nH]2)c1-c1ccc(F)cc1Cl. The van der Waals surface area contributed by atoms with E-state index in [1.54, 1.807) is 12.3 Å². The van der Waals surface area contributed by atoms with E-state index in [4.69, 9.17) is 21.9 Å². The molecular weight excluding hydrogens is 271 g/mol. The Kier molecular flexibility index (Phi) is 2.72. The molecule has 3 N–H and O–H groups in total. The van der Waals surface area contributed by atoms with Gasteiger partial charge in [-0.3, -0.25) is 5.10 Å². The molecule has 19 heavy (non-hydrogen) atoms. The molecule has 2 aromatic heterocycles. The first-order valence-corrected chi connectivity index (χ1v) is 5.75. The highest BCUT2D eigenvalue weighted by atomic mass is 35.5. The largest absolute Gasteiger partial charge is 0.380 e. The monoisotopic (exact) mass is 278 g/mol. The standard InChI is InChI=1S/C12H8ClFN4O/c13-8-5-6(14)1-2-7(8)10-11(19-18-12(10)15)9-3-4-16-17-9/h1-5H,(H2,15,18)(H,16,17). The number of nitrogens with two attached hydrogens (primary N) is 1. The smallest absolute Gasteiger partial charge is 0.194 e. The molecule has 3 aromatic rings. The molecule has 0 bridgehead atoms. The summed E-state index contributed by atoms with van der Waals surface area (Å²) in [6.07, 6.45) is 1.57. The zero-order chi connectivity index (χ0) is 13.4. The van der Waals surface area contributed by atoms with E-state index in [0.29, 0.717) is 22.6 Å². The molecule has 0 saturated heterocycles. The molecule has 0 radical (unpaired) electrons. The fourth-order valence-corrected chi connectivity index (χ4v) is 2.08. The number of nitrogens with zero attached hydrogens (tertiary/aromatic N) is 2. The first-order chi connectivity index (χ1) is 9.16. The average molecular weight is 279 g/mol. The summed E-state index contributed by atoms with van der Waals surface area (Å²) in [7, 11) is 0. The van der Waals surface area contributed by atoms with E-state index in [1.807, 2.05) is 0 Å². The summed E-state index contributed by atoms with van der Waals surface area (Å²) in [5, 5.41) is 10.5. The topological polar surface area (TPSA) is 80.7 Å². The van der Waals surface area contributed by atoms with Crippen LogP contribution in [0.5, 0.6) is 0 Å². The average Bonchev–Trinajstić information content (AvgIpc) is 2.99. The Balaban J connectivity index is 2.22. The van der Waals surface area contributed by atoms with Gasteiger partial charge in [0.25, 0.3) is 0 Å². The van der Waals surface area contributed by atoms with E-state index in [2.05, 4.69) is 15.4 Å². The molecule has 5 nitrogen and oxygen atoms in total. The molecule has 7 heteroatoms. The molecule has 0 fully saturated rings. The highest BCUT2D eigenvalue weighted by Gasteiger charge is 2.20. The molecule has 3 rings (SSSR count). The van der Waals surface area contributed by atoms with Crippen molar-refractivity contribution in [1.82, 2.24) is 15.4 Å². The maximum absolute atomic E-state index is 13.1. The molecule has 0 spiro atoms. The second kappa shape index (κ2) is 4.40. The van der Waals surface area contributed by atoms with Gasteiger partial charge in [-0.2, -0.15) is 5.10 Å². The van der Waals surface area contributed by atoms with Crippen molar-refractivity contribution in [1.29, 1.82) is 0 Å². The number of nitrogen functional groups attached to an aromatic ring is 1. The van der Waals surface area contributed by atoms with Crippen LogP contribution in [-0.2, 0) is 0 Å². The van der Waals surface area contributed by atoms with Crippen molar-refractivity contribution < 1.29 is 8.91 Å². The van der Waals surface area contributed by atoms with Crippen molar-refractivity contribution in [2.45, 2.75) is 0 Å². The van der Waals surface area contributed by atoms with Crippen molar-refractivity contribution >= 4 is 17.4 Å². The van der Waals surface area contributed by atoms with Crippen LogP contribution in [0.2, 0.25) is 5.02 Å². The van der Waals surface area contributed by atoms with Gasteiger partial charge in [0.05, 0.1) is 10.6 Å². The molecule has 0 saturated carbocycles. The molecule has 0 aliphatic rings. The quantitative estimate of drug-likeness (QED) is 0.755. The Bertz CT molecular complexity index is 723. The van der Waals surface area contributed by atoms with E-state index in [-0.39, 0.29) is 10.8 Å². The summed E-state index contributed by atoms with van der Waals surface area (Å²) in [5.74, 6) is 0.161. The number of nitrogens with one attached hydrogen (secondary N) is 1. The Morgan fingerprint density at radius 2 is 2.16 bits per heavy atom. The molecule has 0 unspecified atom stereocenters. The van der Waals surface area contributed by atoms with Crippen molar-refractivity contribution in [3.8, 4) is 22.6 Å². The van der Waals surface area contributed by atoms with Crippen molar-refractivity contribution in [2.75, 3.05) is 5.73 Å². The van der Waals surface area contributed by atoms with Crippen LogP contribution in [0.4, 0.5) is 10.2 Å². The number of hydrogen-bond acceptors (Lipinski definition) is 4. The molecule has 0 amide bonds. The minimum Gasteiger partial charge on any atom is -0.380 e. The Morgan fingerprint density at radius 1 is 1.32 bits per heavy atom. The third-order valence-electron chi connectivity index (χ3n) is 2.66. The lowest BCUT2D eigenvalue weighted by Crippen LogP contribution is -1.90. The van der Waals surface area contributed by atoms with Crippen molar-refractivity contribution in [3.05, 3.63) is 41.3 Å². The number of hydrogen-bond donors (Lipinski definition) is 2. The molecule has 96 valence electrons. The highest BCUT2D eigenvalue weighted by Crippen LogP contribution is 2.39. The second-order valence-electron chi connectivity index (χ2n) is 3.87. The minimum absolute atomic E-state index is 0.179. The van der Waals surface area contributed by atoms with Gasteiger partial charge in [-0.1, -0.05) is 16.8 Å². The predicted molar refractivity (Wildman–Crippen MR) is 68.9 cm³/mol. The lowest BCUT2D eigenvalue weighted by atomic mass is 10.0. The summed E-state index contributed by atoms with van der Waals surface area (Å²) >= 11 is 6.04. The lowest BCUT2D eigenvalue weighted by molar-refractivity contribution is 0.434. The molecule has 0 aliphatic heterocycles. The Morgan fingerprint density at radius 3 is 2.84 bits per heavy atom. The van der Waals surface area contributed by atoms with Crippen molar-refractivity contribution in [2.24, 2.45) is 0 Å². The Labute approximate surface area is 112 Å². The molecule has 0 aliphatic carbocycles. The number of anilines is 1. The Hall–Kier alpha value is -2.34. The normalized spacial score (nSPS) is 10.8. The zero-order valence-electron chi connectivity index (χ0n) is 9.52. The first kappa shape index (κ1) is 11.7. The number of aromatic amines is 1. The van der Waals surface area contributed by atoms with Crippen LogP contribution in [0.15, 0.2) is 35.0 Å². The summed E-state index contributed by atoms with van der Waals surface area (Å²) < 4.78 is 18.3. The van der Waals surface area contributed by atoms with Gasteiger partial charge in [0.1, 0.15) is 11.5 Å². The molecule has 1 aromatic carbocycles. The molecular formula is C12H8ClFN4O. The van der Waals surface area contributed by atoms with Gasteiger partial charge in [-0.15, -0.1) is 0 Å². The third kappa shape index (κ3) is 1.96. The molecule has 2 heterocycles. The summed E-state index contributed by atoms with van der Waals surface area (Å²) in [4.78, 5) is 0. The van der Waals surface area contributed by atoms with Crippen LogP contribution in [0, 0.1) is 5.82 Å². The summed E-state index contributed by atoms with van der Waals surface area (Å²) in [6.45, 7) is 0. The summed E-state index contributed by atoms with van der Waals surface area (Å²) in [6, 6.07) is 5.74. The molecule has 0 atom stereocenters. The van der Waals surface area contributed by atoms with Crippen LogP contribution in [-0.4, -0.2) is 15.4 Å².